The third-order valence-corrected chi connectivity index (χ3v) is 6.40. The number of carbonyl (C=O) groups is 1. The smallest absolute Gasteiger partial charge is 0.254 e. The van der Waals surface area contributed by atoms with Gasteiger partial charge in [0, 0.05) is 43.8 Å². The maximum Gasteiger partial charge on any atom is 0.254 e. The van der Waals surface area contributed by atoms with Crippen LogP contribution in [0.25, 0.3) is 0 Å². The van der Waals surface area contributed by atoms with Crippen LogP contribution in [0.1, 0.15) is 35.8 Å². The van der Waals surface area contributed by atoms with E-state index < -0.39 is 10.0 Å². The number of aromatic nitrogens is 2. The minimum Gasteiger partial charge on any atom is -0.336 e. The van der Waals surface area contributed by atoms with Gasteiger partial charge in [0.2, 0.25) is 10.0 Å². The Balaban J connectivity index is 1.83. The summed E-state index contributed by atoms with van der Waals surface area (Å²) in [6.07, 6.45) is 6.54. The van der Waals surface area contributed by atoms with Crippen molar-refractivity contribution >= 4 is 15.9 Å². The lowest BCUT2D eigenvalue weighted by atomic mass is 10.2. The van der Waals surface area contributed by atoms with Gasteiger partial charge in [-0.2, -0.15) is 4.31 Å². The Morgan fingerprint density at radius 3 is 2.81 bits per heavy atom. The van der Waals surface area contributed by atoms with E-state index in [1.807, 2.05) is 6.92 Å². The molecule has 26 heavy (non-hydrogen) atoms. The first-order valence-corrected chi connectivity index (χ1v) is 9.96. The highest BCUT2D eigenvalue weighted by Gasteiger charge is 2.28. The van der Waals surface area contributed by atoms with Crippen LogP contribution in [0.4, 0.5) is 0 Å². The van der Waals surface area contributed by atoms with Crippen molar-refractivity contribution < 1.29 is 13.2 Å². The van der Waals surface area contributed by atoms with Crippen molar-refractivity contribution in [2.45, 2.75) is 37.2 Å². The van der Waals surface area contributed by atoms with Crippen molar-refractivity contribution in [1.82, 2.24) is 19.2 Å². The first kappa shape index (κ1) is 18.5. The van der Waals surface area contributed by atoms with Gasteiger partial charge < -0.3 is 4.90 Å². The van der Waals surface area contributed by atoms with Crippen LogP contribution in [0, 0.1) is 0 Å². The molecule has 0 radical (unpaired) electrons. The quantitative estimate of drug-likeness (QED) is 0.798. The highest BCUT2D eigenvalue weighted by atomic mass is 32.2. The topological polar surface area (TPSA) is 83.5 Å². The van der Waals surface area contributed by atoms with Crippen molar-refractivity contribution in [2.75, 3.05) is 13.6 Å². The van der Waals surface area contributed by atoms with E-state index in [1.54, 1.807) is 17.0 Å². The molecule has 2 aromatic rings. The van der Waals surface area contributed by atoms with Crippen molar-refractivity contribution in [3.8, 4) is 0 Å². The average Bonchev–Trinajstić information content (AvgIpc) is 3.08. The molecule has 1 atom stereocenters. The number of hydrogen-bond donors (Lipinski definition) is 0. The number of hydrogen-bond acceptors (Lipinski definition) is 5. The van der Waals surface area contributed by atoms with E-state index in [0.29, 0.717) is 17.8 Å². The molecule has 0 spiro atoms. The van der Waals surface area contributed by atoms with Gasteiger partial charge in [0.25, 0.3) is 5.91 Å². The van der Waals surface area contributed by atoms with Gasteiger partial charge >= 0.3 is 0 Å². The van der Waals surface area contributed by atoms with Crippen molar-refractivity contribution in [3.05, 3.63) is 54.1 Å². The third kappa shape index (κ3) is 3.76. The van der Waals surface area contributed by atoms with Gasteiger partial charge in [-0.3, -0.25) is 14.8 Å². The molecule has 0 unspecified atom stereocenters. The molecule has 1 amide bonds. The zero-order chi connectivity index (χ0) is 18.7. The molecule has 7 nitrogen and oxygen atoms in total. The normalized spacial score (nSPS) is 17.7. The van der Waals surface area contributed by atoms with Gasteiger partial charge in [0.15, 0.2) is 0 Å². The number of sulfonamides is 1. The lowest BCUT2D eigenvalue weighted by Crippen LogP contribution is -2.34. The third-order valence-electron chi connectivity index (χ3n) is 4.60. The SMILES string of the molecule is C[C@H]1CCCN1C(=O)c1cccc(S(=O)(=O)N(C)Cc2cnccn2)c1. The minimum atomic E-state index is -3.74. The summed E-state index contributed by atoms with van der Waals surface area (Å²) in [4.78, 5) is 22.6. The molecule has 0 bridgehead atoms. The fourth-order valence-corrected chi connectivity index (χ4v) is 4.28. The van der Waals surface area contributed by atoms with Crippen LogP contribution in [-0.4, -0.2) is 53.1 Å². The molecule has 1 aliphatic heterocycles. The van der Waals surface area contributed by atoms with Crippen LogP contribution < -0.4 is 0 Å². The van der Waals surface area contributed by atoms with E-state index >= 15 is 0 Å². The number of rotatable bonds is 5. The standard InChI is InChI=1S/C18H22N4O3S/c1-14-5-4-10-22(14)18(23)15-6-3-7-17(11-15)26(24,25)21(2)13-16-12-19-8-9-20-16/h3,6-9,11-12,14H,4-5,10,13H2,1-2H3/t14-/m0/s1. The second-order valence-electron chi connectivity index (χ2n) is 6.48. The number of likely N-dealkylation sites (tertiary alicyclic amines) is 1. The summed E-state index contributed by atoms with van der Waals surface area (Å²) in [5, 5.41) is 0. The molecule has 0 aliphatic carbocycles. The van der Waals surface area contributed by atoms with E-state index in [1.165, 1.54) is 42.1 Å². The summed E-state index contributed by atoms with van der Waals surface area (Å²) in [6, 6.07) is 6.41. The van der Waals surface area contributed by atoms with E-state index in [4.69, 9.17) is 0 Å². The molecule has 3 rings (SSSR count). The Morgan fingerprint density at radius 1 is 1.35 bits per heavy atom. The van der Waals surface area contributed by atoms with Crippen LogP contribution >= 0.6 is 0 Å². The predicted molar refractivity (Wildman–Crippen MR) is 96.9 cm³/mol. The summed E-state index contributed by atoms with van der Waals surface area (Å²) in [5.41, 5.74) is 0.949. The minimum absolute atomic E-state index is 0.0987. The van der Waals surface area contributed by atoms with Gasteiger partial charge in [-0.25, -0.2) is 8.42 Å². The zero-order valence-corrected chi connectivity index (χ0v) is 15.7. The lowest BCUT2D eigenvalue weighted by molar-refractivity contribution is 0.0747. The Kier molecular flexibility index (Phi) is 5.33. The number of carbonyl (C=O) groups excluding carboxylic acids is 1. The van der Waals surface area contributed by atoms with Gasteiger partial charge in [-0.05, 0) is 38.0 Å². The molecule has 0 saturated carbocycles. The first-order valence-electron chi connectivity index (χ1n) is 8.52. The largest absolute Gasteiger partial charge is 0.336 e. The van der Waals surface area contributed by atoms with Crippen molar-refractivity contribution in [2.24, 2.45) is 0 Å². The molecule has 138 valence electrons. The summed E-state index contributed by atoms with van der Waals surface area (Å²) in [6.45, 7) is 2.83. The van der Waals surface area contributed by atoms with Crippen LogP contribution in [0.5, 0.6) is 0 Å². The molecule has 1 aromatic heterocycles. The Bertz CT molecular complexity index is 886. The summed E-state index contributed by atoms with van der Waals surface area (Å²) >= 11 is 0. The van der Waals surface area contributed by atoms with Gasteiger partial charge in [-0.15, -0.1) is 0 Å². The number of nitrogens with zero attached hydrogens (tertiary/aromatic N) is 4. The number of benzene rings is 1. The molecule has 1 aliphatic rings. The van der Waals surface area contributed by atoms with E-state index in [2.05, 4.69) is 9.97 Å². The van der Waals surface area contributed by atoms with Crippen LogP contribution in [-0.2, 0) is 16.6 Å². The van der Waals surface area contributed by atoms with Gasteiger partial charge in [0.05, 0.1) is 17.1 Å². The summed E-state index contributed by atoms with van der Waals surface area (Å²) in [7, 11) is -2.25. The lowest BCUT2D eigenvalue weighted by Gasteiger charge is -2.22. The van der Waals surface area contributed by atoms with Crippen LogP contribution in [0.2, 0.25) is 0 Å². The molecule has 1 saturated heterocycles. The molecular weight excluding hydrogens is 352 g/mol. The summed E-state index contributed by atoms with van der Waals surface area (Å²) < 4.78 is 26.9. The fourth-order valence-electron chi connectivity index (χ4n) is 3.10. The van der Waals surface area contributed by atoms with Crippen LogP contribution in [0.15, 0.2) is 47.8 Å². The molecular formula is C18H22N4O3S. The zero-order valence-electron chi connectivity index (χ0n) is 14.9. The molecule has 1 fully saturated rings. The van der Waals surface area contributed by atoms with Crippen molar-refractivity contribution in [3.63, 3.8) is 0 Å². The average molecular weight is 374 g/mol. The van der Waals surface area contributed by atoms with Crippen molar-refractivity contribution in [1.29, 1.82) is 0 Å². The Hall–Kier alpha value is -2.32. The Labute approximate surface area is 153 Å². The summed E-state index contributed by atoms with van der Waals surface area (Å²) in [5.74, 6) is -0.122. The second kappa shape index (κ2) is 7.51. The van der Waals surface area contributed by atoms with E-state index in [-0.39, 0.29) is 23.4 Å². The monoisotopic (exact) mass is 374 g/mol. The van der Waals surface area contributed by atoms with Gasteiger partial charge in [0.1, 0.15) is 0 Å². The van der Waals surface area contributed by atoms with E-state index in [0.717, 1.165) is 12.8 Å². The Morgan fingerprint density at radius 2 is 2.15 bits per heavy atom. The van der Waals surface area contributed by atoms with Gasteiger partial charge in [-0.1, -0.05) is 6.07 Å². The predicted octanol–water partition coefficient (Wildman–Crippen LogP) is 1.92. The van der Waals surface area contributed by atoms with Crippen LogP contribution in [0.3, 0.4) is 0 Å². The molecule has 0 N–H and O–H groups in total. The highest BCUT2D eigenvalue weighted by Crippen LogP contribution is 2.22. The maximum absolute atomic E-state index is 12.8. The highest BCUT2D eigenvalue weighted by molar-refractivity contribution is 7.89. The number of amides is 1. The molecule has 8 heteroatoms. The van der Waals surface area contributed by atoms with E-state index in [9.17, 15) is 13.2 Å². The fraction of sp³-hybridized carbons (Fsp3) is 0.389. The first-order chi connectivity index (χ1) is 12.4. The maximum atomic E-state index is 12.8. The second-order valence-corrected chi connectivity index (χ2v) is 8.52. The molecule has 2 heterocycles. The molecule has 1 aromatic carbocycles.